The van der Waals surface area contributed by atoms with E-state index in [4.69, 9.17) is 4.18 Å². The molecule has 0 saturated carbocycles. The van der Waals surface area contributed by atoms with Crippen LogP contribution in [0.1, 0.15) is 32.0 Å². The maximum Gasteiger partial charge on any atom is 0.340 e. The number of rotatable bonds is 4. The highest BCUT2D eigenvalue weighted by Crippen LogP contribution is 2.30. The van der Waals surface area contributed by atoms with Gasteiger partial charge < -0.3 is 4.18 Å². The molecule has 0 bridgehead atoms. The monoisotopic (exact) mass is 381 g/mol. The summed E-state index contributed by atoms with van der Waals surface area (Å²) >= 11 is 0. The standard InChI is InChI=1S/C22H23NO3S/c1-16-10-12-19(13-11-16)27(24,25)26-21-15-18(17-8-6-5-7-9-17)14-20(23-21)22(2,3)4/h5-15H,1-4H3. The zero-order valence-corrected chi connectivity index (χ0v) is 16.7. The molecule has 27 heavy (non-hydrogen) atoms. The summed E-state index contributed by atoms with van der Waals surface area (Å²) < 4.78 is 30.7. The average molecular weight is 381 g/mol. The molecule has 0 aliphatic rings. The fourth-order valence-electron chi connectivity index (χ4n) is 2.59. The van der Waals surface area contributed by atoms with Crippen LogP contribution in [-0.4, -0.2) is 13.4 Å². The van der Waals surface area contributed by atoms with E-state index in [2.05, 4.69) is 4.98 Å². The topological polar surface area (TPSA) is 56.3 Å². The van der Waals surface area contributed by atoms with Gasteiger partial charge in [-0.1, -0.05) is 68.8 Å². The van der Waals surface area contributed by atoms with Crippen LogP contribution in [0.25, 0.3) is 11.1 Å². The molecule has 0 amide bonds. The van der Waals surface area contributed by atoms with Gasteiger partial charge in [0.15, 0.2) is 0 Å². The van der Waals surface area contributed by atoms with Crippen molar-refractivity contribution in [3.63, 3.8) is 0 Å². The number of aryl methyl sites for hydroxylation is 1. The first kappa shape index (κ1) is 19.1. The van der Waals surface area contributed by atoms with E-state index < -0.39 is 10.1 Å². The Morgan fingerprint density at radius 2 is 1.48 bits per heavy atom. The summed E-state index contributed by atoms with van der Waals surface area (Å²) in [4.78, 5) is 4.57. The summed E-state index contributed by atoms with van der Waals surface area (Å²) in [6.45, 7) is 7.99. The van der Waals surface area contributed by atoms with Crippen LogP contribution in [0.5, 0.6) is 5.88 Å². The lowest BCUT2D eigenvalue weighted by atomic mass is 9.90. The van der Waals surface area contributed by atoms with Gasteiger partial charge in [0.2, 0.25) is 5.88 Å². The fourth-order valence-corrected chi connectivity index (χ4v) is 3.47. The van der Waals surface area contributed by atoms with Crippen molar-refractivity contribution in [3.05, 3.63) is 78.0 Å². The van der Waals surface area contributed by atoms with Crippen LogP contribution in [0.3, 0.4) is 0 Å². The van der Waals surface area contributed by atoms with E-state index in [9.17, 15) is 8.42 Å². The molecule has 1 heterocycles. The summed E-state index contributed by atoms with van der Waals surface area (Å²) in [5.74, 6) is 0.0712. The predicted octanol–water partition coefficient (Wildman–Crippen LogP) is 5.12. The van der Waals surface area contributed by atoms with Crippen molar-refractivity contribution >= 4 is 10.1 Å². The molecule has 5 heteroatoms. The number of hydrogen-bond acceptors (Lipinski definition) is 4. The third kappa shape index (κ3) is 4.55. The molecular formula is C22H23NO3S. The molecule has 140 valence electrons. The first-order chi connectivity index (χ1) is 12.6. The lowest BCUT2D eigenvalue weighted by Crippen LogP contribution is -2.16. The van der Waals surface area contributed by atoms with E-state index >= 15 is 0 Å². The highest BCUT2D eigenvalue weighted by molar-refractivity contribution is 7.87. The van der Waals surface area contributed by atoms with Gasteiger partial charge in [-0.2, -0.15) is 8.42 Å². The Morgan fingerprint density at radius 1 is 0.852 bits per heavy atom. The summed E-state index contributed by atoms with van der Waals surface area (Å²) in [5.41, 5.74) is 3.33. The van der Waals surface area contributed by atoms with Gasteiger partial charge in [-0.05, 0) is 36.2 Å². The van der Waals surface area contributed by atoms with Crippen molar-refractivity contribution in [3.8, 4) is 17.0 Å². The number of nitrogens with zero attached hydrogens (tertiary/aromatic N) is 1. The number of pyridine rings is 1. The van der Waals surface area contributed by atoms with Crippen molar-refractivity contribution in [2.75, 3.05) is 0 Å². The minimum atomic E-state index is -3.95. The van der Waals surface area contributed by atoms with Gasteiger partial charge in [-0.3, -0.25) is 0 Å². The van der Waals surface area contributed by atoms with Crippen molar-refractivity contribution in [2.45, 2.75) is 38.0 Å². The number of benzene rings is 2. The minimum absolute atomic E-state index is 0.0712. The summed E-state index contributed by atoms with van der Waals surface area (Å²) in [6, 6.07) is 20.0. The molecule has 0 N–H and O–H groups in total. The van der Waals surface area contributed by atoms with Gasteiger partial charge in [0.1, 0.15) is 4.90 Å². The van der Waals surface area contributed by atoms with Gasteiger partial charge in [0, 0.05) is 11.5 Å². The molecule has 3 rings (SSSR count). The average Bonchev–Trinajstić information content (AvgIpc) is 2.61. The third-order valence-corrected chi connectivity index (χ3v) is 5.42. The smallest absolute Gasteiger partial charge is 0.340 e. The molecule has 0 unspecified atom stereocenters. The van der Waals surface area contributed by atoms with Crippen LogP contribution in [0.15, 0.2) is 71.6 Å². The van der Waals surface area contributed by atoms with Crippen molar-refractivity contribution in [1.29, 1.82) is 0 Å². The Labute approximate surface area is 161 Å². The Balaban J connectivity index is 2.05. The van der Waals surface area contributed by atoms with Gasteiger partial charge in [0.25, 0.3) is 0 Å². The number of hydrogen-bond donors (Lipinski definition) is 0. The summed E-state index contributed by atoms with van der Waals surface area (Å²) in [7, 11) is -3.95. The molecule has 3 aromatic rings. The van der Waals surface area contributed by atoms with Crippen molar-refractivity contribution in [1.82, 2.24) is 4.98 Å². The summed E-state index contributed by atoms with van der Waals surface area (Å²) in [5, 5.41) is 0. The lowest BCUT2D eigenvalue weighted by Gasteiger charge is -2.20. The third-order valence-electron chi connectivity index (χ3n) is 4.18. The highest BCUT2D eigenvalue weighted by atomic mass is 32.2. The Morgan fingerprint density at radius 3 is 2.07 bits per heavy atom. The fraction of sp³-hybridized carbons (Fsp3) is 0.227. The van der Waals surface area contributed by atoms with Crippen LogP contribution >= 0.6 is 0 Å². The molecular weight excluding hydrogens is 358 g/mol. The van der Waals surface area contributed by atoms with E-state index in [0.29, 0.717) is 0 Å². The first-order valence-corrected chi connectivity index (χ1v) is 10.2. The minimum Gasteiger partial charge on any atom is -0.358 e. The lowest BCUT2D eigenvalue weighted by molar-refractivity contribution is 0.468. The van der Waals surface area contributed by atoms with E-state index in [1.54, 1.807) is 18.2 Å². The van der Waals surface area contributed by atoms with Gasteiger partial charge in [0.05, 0.1) is 5.69 Å². The normalized spacial score (nSPS) is 12.0. The van der Waals surface area contributed by atoms with Crippen molar-refractivity contribution in [2.24, 2.45) is 0 Å². The molecule has 4 nitrogen and oxygen atoms in total. The second-order valence-corrected chi connectivity index (χ2v) is 9.09. The van der Waals surface area contributed by atoms with Crippen LogP contribution in [0.2, 0.25) is 0 Å². The van der Waals surface area contributed by atoms with E-state index in [-0.39, 0.29) is 16.2 Å². The maximum atomic E-state index is 12.7. The van der Waals surface area contributed by atoms with Gasteiger partial charge in [-0.15, -0.1) is 0 Å². The van der Waals surface area contributed by atoms with Gasteiger partial charge in [-0.25, -0.2) is 4.98 Å². The molecule has 0 radical (unpaired) electrons. The maximum absolute atomic E-state index is 12.7. The second kappa shape index (κ2) is 7.16. The van der Waals surface area contributed by atoms with Crippen molar-refractivity contribution < 1.29 is 12.6 Å². The molecule has 0 spiro atoms. The first-order valence-electron chi connectivity index (χ1n) is 8.74. The molecule has 0 atom stereocenters. The quantitative estimate of drug-likeness (QED) is 0.589. The SMILES string of the molecule is Cc1ccc(S(=O)(=O)Oc2cc(-c3ccccc3)cc(C(C)(C)C)n2)cc1. The zero-order chi connectivity index (χ0) is 19.7. The number of aromatic nitrogens is 1. The Hall–Kier alpha value is -2.66. The van der Waals surface area contributed by atoms with E-state index in [1.807, 2.05) is 64.1 Å². The zero-order valence-electron chi connectivity index (χ0n) is 15.9. The largest absolute Gasteiger partial charge is 0.358 e. The van der Waals surface area contributed by atoms with E-state index in [1.165, 1.54) is 12.1 Å². The Bertz CT molecular complexity index is 1040. The van der Waals surface area contributed by atoms with E-state index in [0.717, 1.165) is 22.4 Å². The van der Waals surface area contributed by atoms with Crippen LogP contribution < -0.4 is 4.18 Å². The second-order valence-electron chi connectivity index (χ2n) is 7.55. The molecule has 0 aliphatic heterocycles. The highest BCUT2D eigenvalue weighted by Gasteiger charge is 2.22. The molecule has 0 aliphatic carbocycles. The van der Waals surface area contributed by atoms with Crippen LogP contribution in [-0.2, 0) is 15.5 Å². The van der Waals surface area contributed by atoms with Crippen LogP contribution in [0.4, 0.5) is 0 Å². The molecule has 1 aromatic heterocycles. The predicted molar refractivity (Wildman–Crippen MR) is 107 cm³/mol. The summed E-state index contributed by atoms with van der Waals surface area (Å²) in [6.07, 6.45) is 0. The molecule has 0 saturated heterocycles. The molecule has 0 fully saturated rings. The Kier molecular flexibility index (Phi) is 5.07. The van der Waals surface area contributed by atoms with Gasteiger partial charge >= 0.3 is 10.1 Å². The van der Waals surface area contributed by atoms with Crippen LogP contribution in [0, 0.1) is 6.92 Å². The molecule has 2 aromatic carbocycles.